The number of aliphatic imine (C=N–C) groups is 1. The minimum Gasteiger partial charge on any atom is -0.478 e. The van der Waals surface area contributed by atoms with Crippen LogP contribution in [0, 0.1) is 5.92 Å². The summed E-state index contributed by atoms with van der Waals surface area (Å²) in [6, 6.07) is 0.449. The van der Waals surface area contributed by atoms with E-state index in [4.69, 9.17) is 4.74 Å². The van der Waals surface area contributed by atoms with Gasteiger partial charge in [0.2, 0.25) is 0 Å². The number of nitrogens with zero attached hydrogens (tertiary/aromatic N) is 1. The molecule has 1 atom stereocenters. The third-order valence-corrected chi connectivity index (χ3v) is 3.04. The zero-order valence-electron chi connectivity index (χ0n) is 8.96. The highest BCUT2D eigenvalue weighted by molar-refractivity contribution is 5.80. The Labute approximate surface area is 85.9 Å². The number of piperidine rings is 1. The number of hydrogen-bond donors (Lipinski definition) is 1. The molecule has 0 aromatic rings. The number of nitrogens with one attached hydrogen (secondary N) is 1. The van der Waals surface area contributed by atoms with Gasteiger partial charge < -0.3 is 10.1 Å². The van der Waals surface area contributed by atoms with Crippen molar-refractivity contribution in [2.45, 2.75) is 38.6 Å². The standard InChI is InChI=1S/C11H20N2O/c1-2-3-10-8-14-11(13-10)9-4-6-12-7-5-9/h9-10,12H,2-8H2,1H3. The lowest BCUT2D eigenvalue weighted by molar-refractivity contribution is 0.280. The van der Waals surface area contributed by atoms with Gasteiger partial charge in [0.25, 0.3) is 0 Å². The fourth-order valence-corrected chi connectivity index (χ4v) is 2.21. The van der Waals surface area contributed by atoms with Gasteiger partial charge in [0.1, 0.15) is 6.61 Å². The Kier molecular flexibility index (Phi) is 3.40. The summed E-state index contributed by atoms with van der Waals surface area (Å²) in [6.07, 6.45) is 4.76. The molecule has 0 amide bonds. The topological polar surface area (TPSA) is 33.6 Å². The Morgan fingerprint density at radius 3 is 2.93 bits per heavy atom. The van der Waals surface area contributed by atoms with E-state index in [1.165, 1.54) is 25.7 Å². The van der Waals surface area contributed by atoms with Crippen LogP contribution >= 0.6 is 0 Å². The third-order valence-electron chi connectivity index (χ3n) is 3.04. The summed E-state index contributed by atoms with van der Waals surface area (Å²) < 4.78 is 5.68. The predicted molar refractivity (Wildman–Crippen MR) is 57.7 cm³/mol. The highest BCUT2D eigenvalue weighted by Crippen LogP contribution is 2.20. The van der Waals surface area contributed by atoms with E-state index in [1.54, 1.807) is 0 Å². The van der Waals surface area contributed by atoms with Crippen LogP contribution in [0.2, 0.25) is 0 Å². The number of rotatable bonds is 3. The lowest BCUT2D eigenvalue weighted by atomic mass is 9.98. The van der Waals surface area contributed by atoms with Crippen LogP contribution in [0.5, 0.6) is 0 Å². The van der Waals surface area contributed by atoms with Crippen molar-refractivity contribution in [1.82, 2.24) is 5.32 Å². The molecule has 1 N–H and O–H groups in total. The molecular formula is C11H20N2O. The average molecular weight is 196 g/mol. The molecule has 2 heterocycles. The van der Waals surface area contributed by atoms with Crippen LogP contribution in [0.25, 0.3) is 0 Å². The molecule has 0 aliphatic carbocycles. The van der Waals surface area contributed by atoms with Crippen molar-refractivity contribution in [2.75, 3.05) is 19.7 Å². The first-order valence-corrected chi connectivity index (χ1v) is 5.81. The van der Waals surface area contributed by atoms with Crippen LogP contribution in [0.3, 0.4) is 0 Å². The average Bonchev–Trinajstić information content (AvgIpc) is 2.68. The molecule has 2 aliphatic rings. The summed E-state index contributed by atoms with van der Waals surface area (Å²) in [5.41, 5.74) is 0. The molecule has 1 saturated heterocycles. The Morgan fingerprint density at radius 1 is 1.43 bits per heavy atom. The van der Waals surface area contributed by atoms with E-state index in [0.717, 1.165) is 25.6 Å². The summed E-state index contributed by atoms with van der Waals surface area (Å²) >= 11 is 0. The second-order valence-corrected chi connectivity index (χ2v) is 4.25. The molecule has 0 bridgehead atoms. The monoisotopic (exact) mass is 196 g/mol. The van der Waals surface area contributed by atoms with Crippen molar-refractivity contribution in [2.24, 2.45) is 10.9 Å². The Hall–Kier alpha value is -0.570. The van der Waals surface area contributed by atoms with Gasteiger partial charge in [-0.1, -0.05) is 13.3 Å². The van der Waals surface area contributed by atoms with Crippen molar-refractivity contribution in [1.29, 1.82) is 0 Å². The minimum absolute atomic E-state index is 0.449. The van der Waals surface area contributed by atoms with Crippen molar-refractivity contribution < 1.29 is 4.74 Å². The van der Waals surface area contributed by atoms with Gasteiger partial charge in [-0.15, -0.1) is 0 Å². The van der Waals surface area contributed by atoms with Gasteiger partial charge >= 0.3 is 0 Å². The summed E-state index contributed by atoms with van der Waals surface area (Å²) in [4.78, 5) is 4.67. The largest absolute Gasteiger partial charge is 0.478 e. The van der Waals surface area contributed by atoms with Gasteiger partial charge in [-0.3, -0.25) is 0 Å². The van der Waals surface area contributed by atoms with E-state index in [1.807, 2.05) is 0 Å². The fourth-order valence-electron chi connectivity index (χ4n) is 2.21. The third kappa shape index (κ3) is 2.27. The van der Waals surface area contributed by atoms with E-state index in [2.05, 4.69) is 17.2 Å². The first-order valence-electron chi connectivity index (χ1n) is 5.81. The summed E-state index contributed by atoms with van der Waals surface area (Å²) in [5.74, 6) is 1.64. The summed E-state index contributed by atoms with van der Waals surface area (Å²) in [5, 5.41) is 3.36. The molecule has 3 heteroatoms. The molecule has 0 saturated carbocycles. The SMILES string of the molecule is CCCC1COC(C2CCNCC2)=N1. The van der Waals surface area contributed by atoms with Crippen LogP contribution in [-0.4, -0.2) is 31.6 Å². The summed E-state index contributed by atoms with van der Waals surface area (Å²) in [7, 11) is 0. The molecule has 80 valence electrons. The maximum absolute atomic E-state index is 5.68. The molecular weight excluding hydrogens is 176 g/mol. The normalized spacial score (nSPS) is 28.6. The van der Waals surface area contributed by atoms with Crippen LogP contribution < -0.4 is 5.32 Å². The second-order valence-electron chi connectivity index (χ2n) is 4.25. The van der Waals surface area contributed by atoms with Gasteiger partial charge in [0.05, 0.1) is 6.04 Å². The van der Waals surface area contributed by atoms with E-state index in [9.17, 15) is 0 Å². The van der Waals surface area contributed by atoms with E-state index in [-0.39, 0.29) is 0 Å². The second kappa shape index (κ2) is 4.78. The maximum Gasteiger partial charge on any atom is 0.186 e. The molecule has 0 aromatic heterocycles. The first-order chi connectivity index (χ1) is 6.90. The van der Waals surface area contributed by atoms with E-state index < -0.39 is 0 Å². The van der Waals surface area contributed by atoms with Crippen LogP contribution in [-0.2, 0) is 4.74 Å². The first kappa shape index (κ1) is 9.97. The lowest BCUT2D eigenvalue weighted by Gasteiger charge is -2.21. The quantitative estimate of drug-likeness (QED) is 0.743. The van der Waals surface area contributed by atoms with Crippen LogP contribution in [0.1, 0.15) is 32.6 Å². The van der Waals surface area contributed by atoms with Crippen LogP contribution in [0.4, 0.5) is 0 Å². The number of hydrogen-bond acceptors (Lipinski definition) is 3. The van der Waals surface area contributed by atoms with Gasteiger partial charge in [-0.2, -0.15) is 0 Å². The Balaban J connectivity index is 1.87. The number of ether oxygens (including phenoxy) is 1. The van der Waals surface area contributed by atoms with Gasteiger partial charge in [-0.25, -0.2) is 4.99 Å². The molecule has 14 heavy (non-hydrogen) atoms. The molecule has 0 spiro atoms. The zero-order chi connectivity index (χ0) is 9.80. The predicted octanol–water partition coefficient (Wildman–Crippen LogP) is 1.58. The minimum atomic E-state index is 0.449. The van der Waals surface area contributed by atoms with Crippen molar-refractivity contribution in [3.05, 3.63) is 0 Å². The molecule has 2 aliphatic heterocycles. The molecule has 3 nitrogen and oxygen atoms in total. The fraction of sp³-hybridized carbons (Fsp3) is 0.909. The Bertz CT molecular complexity index is 209. The molecule has 0 aromatic carbocycles. The molecule has 0 radical (unpaired) electrons. The van der Waals surface area contributed by atoms with Crippen molar-refractivity contribution in [3.8, 4) is 0 Å². The maximum atomic E-state index is 5.68. The van der Waals surface area contributed by atoms with E-state index >= 15 is 0 Å². The molecule has 1 unspecified atom stereocenters. The van der Waals surface area contributed by atoms with Gasteiger partial charge in [0.15, 0.2) is 5.90 Å². The highest BCUT2D eigenvalue weighted by atomic mass is 16.5. The van der Waals surface area contributed by atoms with Gasteiger partial charge in [-0.05, 0) is 32.4 Å². The zero-order valence-corrected chi connectivity index (χ0v) is 8.96. The molecule has 1 fully saturated rings. The van der Waals surface area contributed by atoms with Crippen molar-refractivity contribution in [3.63, 3.8) is 0 Å². The summed E-state index contributed by atoms with van der Waals surface area (Å²) in [6.45, 7) is 5.27. The smallest absolute Gasteiger partial charge is 0.186 e. The van der Waals surface area contributed by atoms with Crippen molar-refractivity contribution >= 4 is 5.90 Å². The lowest BCUT2D eigenvalue weighted by Crippen LogP contribution is -2.31. The highest BCUT2D eigenvalue weighted by Gasteiger charge is 2.26. The molecule has 2 rings (SSSR count). The van der Waals surface area contributed by atoms with E-state index in [0.29, 0.717) is 12.0 Å². The van der Waals surface area contributed by atoms with Gasteiger partial charge in [0, 0.05) is 5.92 Å². The Morgan fingerprint density at radius 2 is 2.21 bits per heavy atom. The van der Waals surface area contributed by atoms with Crippen LogP contribution in [0.15, 0.2) is 4.99 Å².